The number of carboxylic acid groups (broad SMARTS) is 1. The highest BCUT2D eigenvalue weighted by atomic mass is 16.6. The fourth-order valence-corrected chi connectivity index (χ4v) is 7.66. The van der Waals surface area contributed by atoms with Crippen LogP contribution in [0.25, 0.3) is 0 Å². The van der Waals surface area contributed by atoms with E-state index < -0.39 is 40.9 Å². The van der Waals surface area contributed by atoms with Crippen LogP contribution in [0.1, 0.15) is 45.4 Å². The first-order chi connectivity index (χ1) is 11.3. The molecule has 5 heteroatoms. The molecular formula is C19H24O5. The SMILES string of the molecule is C=C1C[C@]23C[C@H]1CC[C@H]2[C@@]12CC[C@H](O)[C@@](C)(C(=O)O1)[C@@H]2[C@@H]3C(=O)O. The van der Waals surface area contributed by atoms with Crippen LogP contribution in [-0.2, 0) is 14.3 Å². The van der Waals surface area contributed by atoms with Gasteiger partial charge in [-0.2, -0.15) is 0 Å². The number of rotatable bonds is 1. The third-order valence-electron chi connectivity index (χ3n) is 8.46. The van der Waals surface area contributed by atoms with E-state index in [2.05, 4.69) is 6.58 Å². The fourth-order valence-electron chi connectivity index (χ4n) is 7.66. The van der Waals surface area contributed by atoms with Gasteiger partial charge in [-0.05, 0) is 56.8 Å². The van der Waals surface area contributed by atoms with Crippen molar-refractivity contribution in [2.75, 3.05) is 0 Å². The Morgan fingerprint density at radius 2 is 2.08 bits per heavy atom. The molecule has 5 nitrogen and oxygen atoms in total. The normalized spacial score (nSPS) is 57.5. The number of esters is 1. The topological polar surface area (TPSA) is 83.8 Å². The number of aliphatic hydroxyl groups is 1. The molecule has 1 spiro atoms. The largest absolute Gasteiger partial charge is 0.481 e. The van der Waals surface area contributed by atoms with Crippen molar-refractivity contribution in [3.8, 4) is 0 Å². The van der Waals surface area contributed by atoms with Crippen LogP contribution in [0.15, 0.2) is 12.2 Å². The molecule has 1 heterocycles. The summed E-state index contributed by atoms with van der Waals surface area (Å²) in [4.78, 5) is 25.1. The van der Waals surface area contributed by atoms with Crippen molar-refractivity contribution >= 4 is 11.9 Å². The molecule has 0 aromatic carbocycles. The number of carbonyl (C=O) groups excluding carboxylic acids is 1. The van der Waals surface area contributed by atoms with Crippen LogP contribution < -0.4 is 0 Å². The van der Waals surface area contributed by atoms with Crippen molar-refractivity contribution in [1.29, 1.82) is 0 Å². The molecule has 5 aliphatic rings. The van der Waals surface area contributed by atoms with Gasteiger partial charge in [0.25, 0.3) is 0 Å². The number of carboxylic acids is 1. The summed E-state index contributed by atoms with van der Waals surface area (Å²) in [5.41, 5.74) is -0.953. The Morgan fingerprint density at radius 1 is 1.33 bits per heavy atom. The molecule has 0 aromatic rings. The van der Waals surface area contributed by atoms with E-state index >= 15 is 0 Å². The Bertz CT molecular complexity index is 685. The van der Waals surface area contributed by atoms with Crippen LogP contribution in [0, 0.1) is 34.5 Å². The summed E-state index contributed by atoms with van der Waals surface area (Å²) < 4.78 is 6.01. The Hall–Kier alpha value is -1.36. The van der Waals surface area contributed by atoms with Gasteiger partial charge in [-0.3, -0.25) is 9.59 Å². The maximum atomic E-state index is 12.7. The summed E-state index contributed by atoms with van der Waals surface area (Å²) in [5.74, 6) is -1.78. The van der Waals surface area contributed by atoms with Gasteiger partial charge in [0.2, 0.25) is 0 Å². The average Bonchev–Trinajstić information content (AvgIpc) is 2.98. The summed E-state index contributed by atoms with van der Waals surface area (Å²) in [6.45, 7) is 5.95. The Morgan fingerprint density at radius 3 is 2.79 bits per heavy atom. The minimum atomic E-state index is -1.09. The molecule has 8 atom stereocenters. The quantitative estimate of drug-likeness (QED) is 0.568. The van der Waals surface area contributed by atoms with Crippen molar-refractivity contribution in [2.24, 2.45) is 34.5 Å². The molecule has 4 aliphatic carbocycles. The first kappa shape index (κ1) is 14.9. The highest BCUT2D eigenvalue weighted by Crippen LogP contribution is 2.77. The van der Waals surface area contributed by atoms with Crippen molar-refractivity contribution in [3.63, 3.8) is 0 Å². The summed E-state index contributed by atoms with van der Waals surface area (Å²) in [7, 11) is 0. The van der Waals surface area contributed by atoms with Gasteiger partial charge in [-0.15, -0.1) is 0 Å². The lowest BCUT2D eigenvalue weighted by Crippen LogP contribution is -2.53. The molecule has 5 fully saturated rings. The smallest absolute Gasteiger partial charge is 0.315 e. The zero-order valence-electron chi connectivity index (χ0n) is 14.0. The molecule has 1 aliphatic heterocycles. The van der Waals surface area contributed by atoms with E-state index in [0.29, 0.717) is 18.8 Å². The van der Waals surface area contributed by atoms with Gasteiger partial charge in [0.15, 0.2) is 0 Å². The summed E-state index contributed by atoms with van der Waals surface area (Å²) in [6, 6.07) is 0. The van der Waals surface area contributed by atoms with Crippen LogP contribution in [0.2, 0.25) is 0 Å². The zero-order chi connectivity index (χ0) is 17.1. The van der Waals surface area contributed by atoms with Crippen molar-refractivity contribution in [2.45, 2.75) is 57.2 Å². The van der Waals surface area contributed by atoms with Gasteiger partial charge in [0, 0.05) is 11.8 Å². The number of carbonyl (C=O) groups is 2. The highest BCUT2D eigenvalue weighted by Gasteiger charge is 2.83. The van der Waals surface area contributed by atoms with Crippen LogP contribution in [0.5, 0.6) is 0 Å². The van der Waals surface area contributed by atoms with E-state index in [0.717, 1.165) is 25.7 Å². The number of hydrogen-bond acceptors (Lipinski definition) is 4. The van der Waals surface area contributed by atoms with Gasteiger partial charge in [0.1, 0.15) is 5.60 Å². The number of allylic oxidation sites excluding steroid dienone is 1. The van der Waals surface area contributed by atoms with E-state index in [1.54, 1.807) is 6.92 Å². The maximum absolute atomic E-state index is 12.7. The molecule has 0 amide bonds. The summed E-state index contributed by atoms with van der Waals surface area (Å²) in [6.07, 6.45) is 3.81. The van der Waals surface area contributed by atoms with Crippen LogP contribution in [-0.4, -0.2) is 33.9 Å². The Labute approximate surface area is 141 Å². The summed E-state index contributed by atoms with van der Waals surface area (Å²) >= 11 is 0. The van der Waals surface area contributed by atoms with Crippen LogP contribution in [0.3, 0.4) is 0 Å². The first-order valence-electron chi connectivity index (χ1n) is 9.09. The monoisotopic (exact) mass is 332 g/mol. The second kappa shape index (κ2) is 4.06. The van der Waals surface area contributed by atoms with E-state index in [1.807, 2.05) is 0 Å². The van der Waals surface area contributed by atoms with Gasteiger partial charge in [-0.25, -0.2) is 0 Å². The average molecular weight is 332 g/mol. The standard InChI is InChI=1S/C19H24O5/c1-9-7-18-8-10(9)3-4-11(18)19-6-5-12(20)17(2,16(23)24-19)14(19)13(18)15(21)22/h10-14,20H,1,3-8H2,2H3,(H,21,22)/t10-,11-,12+,13-,14+,17-,18+,19-/m1/s1. The van der Waals surface area contributed by atoms with E-state index in [4.69, 9.17) is 4.74 Å². The Kier molecular flexibility index (Phi) is 2.53. The molecule has 1 saturated heterocycles. The molecule has 24 heavy (non-hydrogen) atoms. The van der Waals surface area contributed by atoms with Crippen molar-refractivity contribution in [1.82, 2.24) is 0 Å². The molecule has 0 aromatic heterocycles. The predicted octanol–water partition coefficient (Wildman–Crippen LogP) is 2.14. The van der Waals surface area contributed by atoms with E-state index in [-0.39, 0.29) is 11.3 Å². The lowest BCUT2D eigenvalue weighted by Gasteiger charge is -2.44. The lowest BCUT2D eigenvalue weighted by molar-refractivity contribution is -0.162. The summed E-state index contributed by atoms with van der Waals surface area (Å²) in [5, 5.41) is 20.8. The lowest BCUT2D eigenvalue weighted by atomic mass is 9.59. The van der Waals surface area contributed by atoms with Crippen LogP contribution in [0.4, 0.5) is 0 Å². The second-order valence-electron chi connectivity index (χ2n) is 9.07. The third kappa shape index (κ3) is 1.29. The molecular weight excluding hydrogens is 308 g/mol. The molecule has 130 valence electrons. The van der Waals surface area contributed by atoms with E-state index in [1.165, 1.54) is 5.57 Å². The van der Waals surface area contributed by atoms with Crippen molar-refractivity contribution < 1.29 is 24.5 Å². The molecule has 0 unspecified atom stereocenters. The highest BCUT2D eigenvalue weighted by molar-refractivity contribution is 5.85. The number of ether oxygens (including phenoxy) is 1. The number of hydrogen-bond donors (Lipinski definition) is 2. The number of aliphatic carboxylic acids is 1. The second-order valence-corrected chi connectivity index (χ2v) is 9.07. The van der Waals surface area contributed by atoms with E-state index in [9.17, 15) is 19.8 Å². The van der Waals surface area contributed by atoms with Gasteiger partial charge in [0.05, 0.1) is 17.4 Å². The van der Waals surface area contributed by atoms with Gasteiger partial charge in [-0.1, -0.05) is 12.2 Å². The fraction of sp³-hybridized carbons (Fsp3) is 0.789. The molecule has 4 saturated carbocycles. The van der Waals surface area contributed by atoms with Gasteiger partial charge < -0.3 is 14.9 Å². The molecule has 5 rings (SSSR count). The first-order valence-corrected chi connectivity index (χ1v) is 9.09. The number of aliphatic hydroxyl groups excluding tert-OH is 1. The predicted molar refractivity (Wildman–Crippen MR) is 83.8 cm³/mol. The number of fused-ring (bicyclic) bond motifs is 1. The minimum absolute atomic E-state index is 0.0878. The molecule has 2 N–H and O–H groups in total. The zero-order valence-corrected chi connectivity index (χ0v) is 14.0. The van der Waals surface area contributed by atoms with Gasteiger partial charge >= 0.3 is 11.9 Å². The minimum Gasteiger partial charge on any atom is -0.481 e. The maximum Gasteiger partial charge on any atom is 0.315 e. The Balaban J connectivity index is 1.76. The molecule has 4 bridgehead atoms. The third-order valence-corrected chi connectivity index (χ3v) is 8.46. The van der Waals surface area contributed by atoms with Crippen molar-refractivity contribution in [3.05, 3.63) is 12.2 Å². The van der Waals surface area contributed by atoms with Crippen LogP contribution >= 0.6 is 0 Å². The molecule has 0 radical (unpaired) electrons.